The van der Waals surface area contributed by atoms with Gasteiger partial charge >= 0.3 is 0 Å². The summed E-state index contributed by atoms with van der Waals surface area (Å²) in [6.45, 7) is 3.82. The molecule has 2 aliphatic heterocycles. The van der Waals surface area contributed by atoms with E-state index in [9.17, 15) is 5.11 Å². The van der Waals surface area contributed by atoms with E-state index in [0.29, 0.717) is 52.5 Å². The number of β-amino-alcohol motifs (C(OH)–C–C–N with tert-alkyl or cyclic N) is 1. The highest BCUT2D eigenvalue weighted by molar-refractivity contribution is 7.98. The number of aromatic nitrogens is 6. The maximum Gasteiger partial charge on any atom is 0.190 e. The molecule has 4 aromatic heterocycles. The SMILES string of the molecule is CSc1nc(N2CCOC[C@@](C)(O)C2)c2c(n1)c(F)c1c(-c3c(C4CC4)c(Cl)cc4c3cnn4C3CCCCO3)nccn12. The fourth-order valence-electron chi connectivity index (χ4n) is 6.75. The molecule has 3 aliphatic rings. The molecule has 0 bridgehead atoms. The molecule has 230 valence electrons. The summed E-state index contributed by atoms with van der Waals surface area (Å²) < 4.78 is 32.4. The van der Waals surface area contributed by atoms with Crippen molar-refractivity contribution in [3.05, 3.63) is 41.1 Å². The summed E-state index contributed by atoms with van der Waals surface area (Å²) in [7, 11) is 0. The van der Waals surface area contributed by atoms with Gasteiger partial charge in [-0.3, -0.25) is 4.98 Å². The molecule has 1 aromatic carbocycles. The molecular weight excluding hydrogens is 605 g/mol. The number of ether oxygens (including phenoxy) is 2. The lowest BCUT2D eigenvalue weighted by atomic mass is 9.96. The standard InChI is InChI=1S/C31H33ClFN7O3S/c1-31(41)15-38(10-12-42-16-31)29-28-26(36-30(37-29)44-2)24(33)27-25(34-8-9-39(27)28)23-18-14-35-40(21-5-3-4-11-43-21)20(18)13-19(32)22(23)17-6-7-17/h8-9,13-14,17,21,41H,3-7,10-12,15-16H2,1-2H3/t21?,31-/m0/s1. The van der Waals surface area contributed by atoms with Crippen LogP contribution in [0.3, 0.4) is 0 Å². The fraction of sp³-hybridized carbons (Fsp3) is 0.484. The smallest absolute Gasteiger partial charge is 0.190 e. The zero-order chi connectivity index (χ0) is 30.2. The van der Waals surface area contributed by atoms with Crippen LogP contribution in [0.5, 0.6) is 0 Å². The summed E-state index contributed by atoms with van der Waals surface area (Å²) in [5.74, 6) is 0.336. The summed E-state index contributed by atoms with van der Waals surface area (Å²) in [6.07, 6.45) is 12.0. The van der Waals surface area contributed by atoms with Gasteiger partial charge in [0.2, 0.25) is 0 Å². The average Bonchev–Trinajstić information content (AvgIpc) is 3.75. The highest BCUT2D eigenvalue weighted by atomic mass is 35.5. The van der Waals surface area contributed by atoms with Crippen molar-refractivity contribution in [2.24, 2.45) is 0 Å². The lowest BCUT2D eigenvalue weighted by Crippen LogP contribution is -2.42. The van der Waals surface area contributed by atoms with Gasteiger partial charge in [0.1, 0.15) is 22.2 Å². The summed E-state index contributed by atoms with van der Waals surface area (Å²) in [5.41, 5.74) is 3.05. The summed E-state index contributed by atoms with van der Waals surface area (Å²) >= 11 is 8.41. The van der Waals surface area contributed by atoms with Crippen molar-refractivity contribution in [1.29, 1.82) is 0 Å². The van der Waals surface area contributed by atoms with Crippen LogP contribution in [0.15, 0.2) is 29.8 Å². The molecule has 0 spiro atoms. The molecule has 1 N–H and O–H groups in total. The van der Waals surface area contributed by atoms with E-state index in [2.05, 4.69) is 4.98 Å². The number of aliphatic hydroxyl groups is 1. The van der Waals surface area contributed by atoms with E-state index in [0.717, 1.165) is 54.1 Å². The van der Waals surface area contributed by atoms with Crippen molar-refractivity contribution in [2.75, 3.05) is 44.1 Å². The number of hydrogen-bond donors (Lipinski definition) is 1. The first-order chi connectivity index (χ1) is 21.3. The zero-order valence-electron chi connectivity index (χ0n) is 24.6. The highest BCUT2D eigenvalue weighted by Gasteiger charge is 2.35. The first-order valence-electron chi connectivity index (χ1n) is 15.1. The Balaban J connectivity index is 1.40. The maximum absolute atomic E-state index is 16.9. The molecule has 10 nitrogen and oxygen atoms in total. The van der Waals surface area contributed by atoms with Crippen molar-refractivity contribution >= 4 is 56.6 Å². The van der Waals surface area contributed by atoms with Crippen LogP contribution in [0.4, 0.5) is 10.2 Å². The van der Waals surface area contributed by atoms with Crippen LogP contribution in [0.1, 0.15) is 56.7 Å². The third-order valence-electron chi connectivity index (χ3n) is 8.86. The van der Waals surface area contributed by atoms with Crippen LogP contribution in [-0.4, -0.2) is 79.0 Å². The minimum Gasteiger partial charge on any atom is -0.386 e. The van der Waals surface area contributed by atoms with Crippen molar-refractivity contribution in [2.45, 2.75) is 61.9 Å². The Morgan fingerprint density at radius 1 is 1.16 bits per heavy atom. The number of thioether (sulfide) groups is 1. The molecule has 3 fully saturated rings. The van der Waals surface area contributed by atoms with Gasteiger partial charge in [0, 0.05) is 41.5 Å². The van der Waals surface area contributed by atoms with Gasteiger partial charge in [-0.2, -0.15) is 5.10 Å². The van der Waals surface area contributed by atoms with Crippen LogP contribution < -0.4 is 4.90 Å². The van der Waals surface area contributed by atoms with E-state index < -0.39 is 11.4 Å². The normalized spacial score (nSPS) is 23.2. The number of nitrogens with zero attached hydrogens (tertiary/aromatic N) is 7. The van der Waals surface area contributed by atoms with E-state index in [1.54, 1.807) is 23.7 Å². The van der Waals surface area contributed by atoms with Gasteiger partial charge < -0.3 is 23.9 Å². The molecule has 1 aliphatic carbocycles. The third kappa shape index (κ3) is 4.65. The van der Waals surface area contributed by atoms with Gasteiger partial charge in [0.05, 0.1) is 37.2 Å². The minimum absolute atomic E-state index is 0.175. The predicted octanol–water partition coefficient (Wildman–Crippen LogP) is 5.97. The number of hydrogen-bond acceptors (Lipinski definition) is 9. The Labute approximate surface area is 262 Å². The lowest BCUT2D eigenvalue weighted by molar-refractivity contribution is -0.0366. The van der Waals surface area contributed by atoms with Crippen molar-refractivity contribution in [3.63, 3.8) is 0 Å². The van der Waals surface area contributed by atoms with Crippen LogP contribution >= 0.6 is 23.4 Å². The van der Waals surface area contributed by atoms with Gasteiger partial charge in [0.15, 0.2) is 23.0 Å². The molecule has 44 heavy (non-hydrogen) atoms. The monoisotopic (exact) mass is 637 g/mol. The number of halogens is 2. The first kappa shape index (κ1) is 28.4. The molecule has 0 radical (unpaired) electrons. The van der Waals surface area contributed by atoms with Crippen molar-refractivity contribution in [3.8, 4) is 11.3 Å². The maximum atomic E-state index is 16.9. The molecule has 1 unspecified atom stereocenters. The van der Waals surface area contributed by atoms with Gasteiger partial charge in [-0.15, -0.1) is 0 Å². The predicted molar refractivity (Wildman–Crippen MR) is 168 cm³/mol. The van der Waals surface area contributed by atoms with Crippen molar-refractivity contribution < 1.29 is 19.0 Å². The second-order valence-electron chi connectivity index (χ2n) is 12.3. The fourth-order valence-corrected chi connectivity index (χ4v) is 7.46. The second-order valence-corrected chi connectivity index (χ2v) is 13.5. The average molecular weight is 638 g/mol. The molecule has 8 rings (SSSR count). The van der Waals surface area contributed by atoms with E-state index >= 15 is 4.39 Å². The largest absolute Gasteiger partial charge is 0.386 e. The second kappa shape index (κ2) is 10.8. The van der Waals surface area contributed by atoms with E-state index in [1.165, 1.54) is 11.8 Å². The van der Waals surface area contributed by atoms with Crippen LogP contribution in [-0.2, 0) is 9.47 Å². The molecule has 0 amide bonds. The van der Waals surface area contributed by atoms with Gasteiger partial charge in [-0.05, 0) is 62.8 Å². The first-order valence-corrected chi connectivity index (χ1v) is 16.7. The van der Waals surface area contributed by atoms with Crippen molar-refractivity contribution in [1.82, 2.24) is 29.1 Å². The quantitative estimate of drug-likeness (QED) is 0.184. The molecule has 13 heteroatoms. The van der Waals surface area contributed by atoms with Crippen LogP contribution in [0.25, 0.3) is 38.7 Å². The number of rotatable bonds is 5. The molecule has 5 aromatic rings. The molecule has 1 saturated carbocycles. The van der Waals surface area contributed by atoms with Gasteiger partial charge in [-0.1, -0.05) is 23.4 Å². The molecule has 6 heterocycles. The number of fused-ring (bicyclic) bond motifs is 4. The number of anilines is 1. The van der Waals surface area contributed by atoms with E-state index in [1.807, 2.05) is 28.1 Å². The Bertz CT molecular complexity index is 1920. The Kier molecular flexibility index (Phi) is 6.98. The summed E-state index contributed by atoms with van der Waals surface area (Å²) in [5, 5.41) is 17.7. The Morgan fingerprint density at radius 3 is 2.80 bits per heavy atom. The molecular formula is C31H33ClFN7O3S. The molecule has 2 atom stereocenters. The van der Waals surface area contributed by atoms with Crippen LogP contribution in [0.2, 0.25) is 5.02 Å². The van der Waals surface area contributed by atoms with E-state index in [-0.39, 0.29) is 30.8 Å². The third-order valence-corrected chi connectivity index (χ3v) is 9.72. The lowest BCUT2D eigenvalue weighted by Gasteiger charge is -2.28. The molecule has 2 saturated heterocycles. The van der Waals surface area contributed by atoms with Gasteiger partial charge in [-0.25, -0.2) is 19.0 Å². The van der Waals surface area contributed by atoms with Gasteiger partial charge in [0.25, 0.3) is 0 Å². The summed E-state index contributed by atoms with van der Waals surface area (Å²) in [4.78, 5) is 16.3. The topological polar surface area (TPSA) is 103 Å². The highest BCUT2D eigenvalue weighted by Crippen LogP contribution is 2.51. The van der Waals surface area contributed by atoms with Crippen LogP contribution in [0, 0.1) is 5.82 Å². The Morgan fingerprint density at radius 2 is 2.02 bits per heavy atom. The van der Waals surface area contributed by atoms with E-state index in [4.69, 9.17) is 36.1 Å². The zero-order valence-corrected chi connectivity index (χ0v) is 26.2. The summed E-state index contributed by atoms with van der Waals surface area (Å²) in [6, 6.07) is 1.98. The minimum atomic E-state index is -1.10. The number of benzene rings is 1. The Hall–Kier alpha value is -3.03.